The van der Waals surface area contributed by atoms with Gasteiger partial charge < -0.3 is 4.90 Å². The lowest BCUT2D eigenvalue weighted by atomic mass is 10.1. The van der Waals surface area contributed by atoms with E-state index in [-0.39, 0.29) is 10.5 Å². The van der Waals surface area contributed by atoms with Crippen molar-refractivity contribution in [3.8, 4) is 0 Å². The molecule has 1 aliphatic heterocycles. The molecular weight excluding hydrogens is 369 g/mol. The maximum absolute atomic E-state index is 12.3. The molecule has 1 saturated heterocycles. The Morgan fingerprint density at radius 2 is 1.81 bits per heavy atom. The van der Waals surface area contributed by atoms with Crippen molar-refractivity contribution in [2.75, 3.05) is 18.0 Å². The van der Waals surface area contributed by atoms with Gasteiger partial charge in [-0.05, 0) is 30.7 Å². The third-order valence-electron chi connectivity index (χ3n) is 3.96. The summed E-state index contributed by atoms with van der Waals surface area (Å²) in [4.78, 5) is 5.84. The molecule has 0 N–H and O–H groups in total. The van der Waals surface area contributed by atoms with Crippen molar-refractivity contribution in [1.29, 1.82) is 0 Å². The van der Waals surface area contributed by atoms with E-state index < -0.39 is 28.8 Å². The Morgan fingerprint density at radius 3 is 2.35 bits per heavy atom. The predicted molar refractivity (Wildman–Crippen MR) is 89.4 cm³/mol. The van der Waals surface area contributed by atoms with E-state index in [9.17, 15) is 21.6 Å². The second-order valence-corrected chi connectivity index (χ2v) is 7.78. The molecule has 2 heterocycles. The highest BCUT2D eigenvalue weighted by molar-refractivity contribution is 7.86. The fourth-order valence-electron chi connectivity index (χ4n) is 2.57. The van der Waals surface area contributed by atoms with Crippen LogP contribution in [0.15, 0.2) is 47.5 Å². The molecule has 2 aromatic rings. The Hall–Kier alpha value is -2.13. The Bertz CT molecular complexity index is 860. The summed E-state index contributed by atoms with van der Waals surface area (Å²) in [5.74, 6) is 0.489. The number of aromatic nitrogens is 1. The van der Waals surface area contributed by atoms with Crippen LogP contribution in [0.3, 0.4) is 0 Å². The Balaban J connectivity index is 1.56. The van der Waals surface area contributed by atoms with E-state index >= 15 is 0 Å². The zero-order valence-electron chi connectivity index (χ0n) is 13.9. The molecule has 3 rings (SSSR count). The molecule has 0 aliphatic carbocycles. The topological polar surface area (TPSA) is 59.5 Å². The van der Waals surface area contributed by atoms with Crippen molar-refractivity contribution in [2.24, 2.45) is 0 Å². The van der Waals surface area contributed by atoms with Crippen molar-refractivity contribution in [1.82, 2.24) is 4.98 Å². The number of aryl methyl sites for hydroxylation is 1. The highest BCUT2D eigenvalue weighted by Crippen LogP contribution is 2.26. The molecule has 1 aromatic heterocycles. The van der Waals surface area contributed by atoms with Gasteiger partial charge in [0.1, 0.15) is 11.9 Å². The van der Waals surface area contributed by atoms with Crippen LogP contribution in [0.4, 0.5) is 19.0 Å². The van der Waals surface area contributed by atoms with Crippen LogP contribution in [-0.4, -0.2) is 38.8 Å². The van der Waals surface area contributed by atoms with Gasteiger partial charge in [0.15, 0.2) is 0 Å². The summed E-state index contributed by atoms with van der Waals surface area (Å²) in [6.07, 6.45) is -4.64. The fourth-order valence-corrected chi connectivity index (χ4v) is 3.63. The predicted octanol–water partition coefficient (Wildman–Crippen LogP) is 3.09. The lowest BCUT2D eigenvalue weighted by molar-refractivity contribution is -0.127. The van der Waals surface area contributed by atoms with E-state index in [1.807, 2.05) is 6.92 Å². The number of nitrogens with zero attached hydrogens (tertiary/aromatic N) is 2. The molecule has 1 aromatic carbocycles. The van der Waals surface area contributed by atoms with Gasteiger partial charge >= 0.3 is 6.18 Å². The minimum atomic E-state index is -4.27. The Kier molecular flexibility index (Phi) is 4.94. The van der Waals surface area contributed by atoms with Crippen LogP contribution < -0.4 is 4.90 Å². The van der Waals surface area contributed by atoms with E-state index in [1.54, 1.807) is 17.0 Å². The third kappa shape index (κ3) is 4.53. The van der Waals surface area contributed by atoms with Gasteiger partial charge in [-0.2, -0.15) is 21.6 Å². The maximum Gasteiger partial charge on any atom is 0.393 e. The van der Waals surface area contributed by atoms with Crippen LogP contribution in [0, 0.1) is 6.92 Å². The van der Waals surface area contributed by atoms with Gasteiger partial charge in [0, 0.05) is 19.3 Å². The van der Waals surface area contributed by atoms with Crippen LogP contribution in [0.5, 0.6) is 0 Å². The number of benzene rings is 1. The Labute approximate surface area is 149 Å². The van der Waals surface area contributed by atoms with E-state index in [4.69, 9.17) is 4.18 Å². The molecule has 0 unspecified atom stereocenters. The van der Waals surface area contributed by atoms with Gasteiger partial charge in [-0.15, -0.1) is 0 Å². The molecule has 140 valence electrons. The molecule has 0 atom stereocenters. The SMILES string of the molecule is Cc1ccc(S(=O)(=O)OC2CN(c3ccc(CC(F)(F)F)cn3)C2)cc1. The van der Waals surface area contributed by atoms with Gasteiger partial charge in [0.25, 0.3) is 10.1 Å². The van der Waals surface area contributed by atoms with Gasteiger partial charge in [0.05, 0.1) is 11.3 Å². The first-order valence-corrected chi connectivity index (χ1v) is 9.30. The summed E-state index contributed by atoms with van der Waals surface area (Å²) < 4.78 is 66.6. The molecule has 26 heavy (non-hydrogen) atoms. The minimum Gasteiger partial charge on any atom is -0.351 e. The van der Waals surface area contributed by atoms with Crippen molar-refractivity contribution in [3.05, 3.63) is 53.7 Å². The zero-order chi connectivity index (χ0) is 18.9. The number of pyridine rings is 1. The fraction of sp³-hybridized carbons (Fsp3) is 0.353. The summed E-state index contributed by atoms with van der Waals surface area (Å²) in [5.41, 5.74) is 1.02. The van der Waals surface area contributed by atoms with E-state index in [0.29, 0.717) is 18.9 Å². The lowest BCUT2D eigenvalue weighted by Crippen LogP contribution is -2.53. The molecule has 0 bridgehead atoms. The molecule has 5 nitrogen and oxygen atoms in total. The van der Waals surface area contributed by atoms with Crippen molar-refractivity contribution in [2.45, 2.75) is 30.5 Å². The van der Waals surface area contributed by atoms with Gasteiger partial charge in [-0.3, -0.25) is 4.18 Å². The number of anilines is 1. The first-order chi connectivity index (χ1) is 12.1. The van der Waals surface area contributed by atoms with Crippen LogP contribution in [0.1, 0.15) is 11.1 Å². The summed E-state index contributed by atoms with van der Waals surface area (Å²) in [6, 6.07) is 9.22. The van der Waals surface area contributed by atoms with E-state index in [0.717, 1.165) is 5.56 Å². The number of rotatable bonds is 5. The first-order valence-electron chi connectivity index (χ1n) is 7.89. The standard InChI is InChI=1S/C17H17F3N2O3S/c1-12-2-5-15(6-3-12)26(23,24)25-14-10-22(11-14)16-7-4-13(9-21-16)8-17(18,19)20/h2-7,9,14H,8,10-11H2,1H3. The summed E-state index contributed by atoms with van der Waals surface area (Å²) in [7, 11) is -3.84. The zero-order valence-corrected chi connectivity index (χ0v) is 14.7. The van der Waals surface area contributed by atoms with Crippen LogP contribution in [0.2, 0.25) is 0 Å². The third-order valence-corrected chi connectivity index (χ3v) is 5.33. The van der Waals surface area contributed by atoms with Crippen LogP contribution >= 0.6 is 0 Å². The van der Waals surface area contributed by atoms with Crippen LogP contribution in [-0.2, 0) is 20.7 Å². The molecule has 1 aliphatic rings. The summed E-state index contributed by atoms with van der Waals surface area (Å²) >= 11 is 0. The molecular formula is C17H17F3N2O3S. The normalized spacial score (nSPS) is 15.8. The lowest BCUT2D eigenvalue weighted by Gasteiger charge is -2.39. The van der Waals surface area contributed by atoms with E-state index in [1.165, 1.54) is 30.5 Å². The minimum absolute atomic E-state index is 0.0801. The molecule has 0 radical (unpaired) electrons. The highest BCUT2D eigenvalue weighted by Gasteiger charge is 2.33. The average molecular weight is 386 g/mol. The number of halogens is 3. The number of hydrogen-bond donors (Lipinski definition) is 0. The van der Waals surface area contributed by atoms with E-state index in [2.05, 4.69) is 4.98 Å². The molecule has 0 saturated carbocycles. The van der Waals surface area contributed by atoms with Gasteiger partial charge in [-0.25, -0.2) is 4.98 Å². The van der Waals surface area contributed by atoms with Crippen molar-refractivity contribution < 1.29 is 25.8 Å². The summed E-state index contributed by atoms with van der Waals surface area (Å²) in [5, 5.41) is 0. The Morgan fingerprint density at radius 1 is 1.15 bits per heavy atom. The molecule has 0 amide bonds. The highest BCUT2D eigenvalue weighted by atomic mass is 32.2. The smallest absolute Gasteiger partial charge is 0.351 e. The second-order valence-electron chi connectivity index (χ2n) is 6.21. The summed E-state index contributed by atoms with van der Waals surface area (Å²) in [6.45, 7) is 2.46. The van der Waals surface area contributed by atoms with Gasteiger partial charge in [-0.1, -0.05) is 23.8 Å². The monoisotopic (exact) mass is 386 g/mol. The molecule has 0 spiro atoms. The van der Waals surface area contributed by atoms with Gasteiger partial charge in [0.2, 0.25) is 0 Å². The quantitative estimate of drug-likeness (QED) is 0.739. The average Bonchev–Trinajstić information content (AvgIpc) is 2.50. The number of hydrogen-bond acceptors (Lipinski definition) is 5. The maximum atomic E-state index is 12.3. The number of alkyl halides is 3. The molecule has 1 fully saturated rings. The van der Waals surface area contributed by atoms with Crippen molar-refractivity contribution >= 4 is 15.9 Å². The first kappa shape index (κ1) is 18.7. The molecule has 9 heteroatoms. The van der Waals surface area contributed by atoms with Crippen molar-refractivity contribution in [3.63, 3.8) is 0 Å². The largest absolute Gasteiger partial charge is 0.393 e. The second kappa shape index (κ2) is 6.88. The van der Waals surface area contributed by atoms with Crippen LogP contribution in [0.25, 0.3) is 0 Å².